The molecule has 0 fully saturated rings. The molecular weight excluding hydrogens is 483 g/mol. The van der Waals surface area contributed by atoms with Gasteiger partial charge in [0.25, 0.3) is 0 Å². The second-order valence-electron chi connectivity index (χ2n) is 9.38. The first-order valence-corrected chi connectivity index (χ1v) is 11.6. The first-order chi connectivity index (χ1) is 16.6. The Morgan fingerprint density at radius 1 is 1.25 bits per heavy atom. The van der Waals surface area contributed by atoms with Crippen LogP contribution in [0, 0.1) is 5.92 Å². The van der Waals surface area contributed by atoms with Crippen LogP contribution in [0.3, 0.4) is 0 Å². The average Bonchev–Trinajstić information content (AvgIpc) is 3.18. The minimum absolute atomic E-state index is 0.0370. The van der Waals surface area contributed by atoms with Gasteiger partial charge in [-0.1, -0.05) is 13.8 Å². The number of halogens is 5. The number of nitrogens with zero attached hydrogens (tertiary/aromatic N) is 3. The number of aromatic nitrogens is 2. The number of carbonyl (C=O) groups excluding carboxylic acids is 1. The van der Waals surface area contributed by atoms with Crippen LogP contribution in [0.1, 0.15) is 65.8 Å². The van der Waals surface area contributed by atoms with Gasteiger partial charge < -0.3 is 16.0 Å². The Kier molecular flexibility index (Phi) is 11.7. The average molecular weight is 521 g/mol. The smallest absolute Gasteiger partial charge is 0.349 e. The number of carbonyl (C=O) groups is 1. The summed E-state index contributed by atoms with van der Waals surface area (Å²) in [5, 5.41) is 11.4. The summed E-state index contributed by atoms with van der Waals surface area (Å²) >= 11 is 0. The van der Waals surface area contributed by atoms with Crippen molar-refractivity contribution in [1.82, 2.24) is 25.7 Å². The van der Waals surface area contributed by atoms with Crippen LogP contribution in [0.5, 0.6) is 0 Å². The Morgan fingerprint density at radius 2 is 1.89 bits per heavy atom. The molecule has 0 spiro atoms. The maximum Gasteiger partial charge on any atom is 0.435 e. The Bertz CT molecular complexity index is 963. The van der Waals surface area contributed by atoms with Crippen LogP contribution in [0.4, 0.5) is 22.0 Å². The number of likely N-dealkylation sites (N-methyl/N-ethyl adjacent to an activating group) is 1. The summed E-state index contributed by atoms with van der Waals surface area (Å²) in [5.74, 6) is -0.932. The largest absolute Gasteiger partial charge is 0.435 e. The van der Waals surface area contributed by atoms with E-state index >= 15 is 0 Å². The highest BCUT2D eigenvalue weighted by Crippen LogP contribution is 2.31. The third kappa shape index (κ3) is 10.5. The number of rotatable bonds is 13. The lowest BCUT2D eigenvalue weighted by atomic mass is 9.98. The van der Waals surface area contributed by atoms with Crippen LogP contribution in [0.15, 0.2) is 29.0 Å². The number of hydrogen-bond acceptors (Lipinski definition) is 5. The van der Waals surface area contributed by atoms with Gasteiger partial charge in [-0.2, -0.15) is 27.1 Å². The fourth-order valence-electron chi connectivity index (χ4n) is 3.30. The van der Waals surface area contributed by atoms with E-state index in [2.05, 4.69) is 20.7 Å². The third-order valence-electron chi connectivity index (χ3n) is 5.30. The van der Waals surface area contributed by atoms with E-state index in [0.29, 0.717) is 24.1 Å². The van der Waals surface area contributed by atoms with Gasteiger partial charge in [0.1, 0.15) is 0 Å². The number of nitrogens with one attached hydrogen (secondary N) is 3. The highest BCUT2D eigenvalue weighted by Gasteiger charge is 2.36. The van der Waals surface area contributed by atoms with Gasteiger partial charge in [-0.05, 0) is 64.8 Å². The number of aliphatic imine (C=N–C) groups is 1. The van der Waals surface area contributed by atoms with Gasteiger partial charge in [0.2, 0.25) is 5.91 Å². The monoisotopic (exact) mass is 520 g/mol. The molecule has 1 aromatic rings. The Labute approximate surface area is 209 Å². The van der Waals surface area contributed by atoms with Crippen molar-refractivity contribution in [3.8, 4) is 0 Å². The van der Waals surface area contributed by atoms with Crippen molar-refractivity contribution in [2.24, 2.45) is 10.9 Å². The van der Waals surface area contributed by atoms with E-state index in [4.69, 9.17) is 0 Å². The fourth-order valence-corrected chi connectivity index (χ4v) is 3.30. The molecule has 1 amide bonds. The molecular formula is C24H37F5N6O. The lowest BCUT2D eigenvalue weighted by Gasteiger charge is -2.29. The van der Waals surface area contributed by atoms with Crippen molar-refractivity contribution in [1.29, 1.82) is 0 Å². The van der Waals surface area contributed by atoms with Crippen molar-refractivity contribution in [3.63, 3.8) is 0 Å². The molecule has 1 heterocycles. The summed E-state index contributed by atoms with van der Waals surface area (Å²) in [7, 11) is 1.66. The Morgan fingerprint density at radius 3 is 2.42 bits per heavy atom. The van der Waals surface area contributed by atoms with Gasteiger partial charge >= 0.3 is 12.7 Å². The highest BCUT2D eigenvalue weighted by molar-refractivity contribution is 5.83. The van der Waals surface area contributed by atoms with Crippen molar-refractivity contribution < 1.29 is 26.7 Å². The van der Waals surface area contributed by atoms with E-state index in [1.165, 1.54) is 17.1 Å². The molecule has 12 heteroatoms. The zero-order valence-electron chi connectivity index (χ0n) is 21.9. The SMILES string of the molecule is CCC(C)=N/C=C(\C)c1cc(C(F)(F)F)nn1CC(C)(C)NC(=O)C(C)C/C(=C/NC(F)F)CNC. The normalized spacial score (nSPS) is 14.9. The quantitative estimate of drug-likeness (QED) is 0.195. The molecule has 0 aliphatic heterocycles. The third-order valence-corrected chi connectivity index (χ3v) is 5.30. The van der Waals surface area contributed by atoms with Gasteiger partial charge in [-0.15, -0.1) is 0 Å². The van der Waals surface area contributed by atoms with E-state index in [0.717, 1.165) is 11.8 Å². The lowest BCUT2D eigenvalue weighted by Crippen LogP contribution is -2.49. The number of amides is 1. The van der Waals surface area contributed by atoms with Crippen LogP contribution >= 0.6 is 0 Å². The Hall–Kier alpha value is -2.76. The molecule has 7 nitrogen and oxygen atoms in total. The van der Waals surface area contributed by atoms with Gasteiger partial charge in [-0.25, -0.2) is 0 Å². The van der Waals surface area contributed by atoms with Gasteiger partial charge in [0, 0.05) is 30.6 Å². The minimum atomic E-state index is -4.63. The molecule has 0 saturated carbocycles. The zero-order valence-corrected chi connectivity index (χ0v) is 21.9. The standard InChI is InChI=1S/C24H37F5N6O/c1-8-17(4)31-11-16(3)19-10-20(24(27,28)29)34-35(19)14-23(5,6)33-21(36)15(2)9-18(12-30-7)13-32-22(25)26/h10-11,13,15,22,30,32H,8-9,12,14H2,1-7H3,(H,33,36)/b16-11+,18-13-,31-17?. The fraction of sp³-hybridized carbons (Fsp3) is 0.625. The van der Waals surface area contributed by atoms with E-state index in [1.807, 2.05) is 19.2 Å². The maximum atomic E-state index is 13.4. The lowest BCUT2D eigenvalue weighted by molar-refractivity contribution is -0.141. The molecule has 36 heavy (non-hydrogen) atoms. The number of hydrogen-bond donors (Lipinski definition) is 3. The minimum Gasteiger partial charge on any atom is -0.349 e. The molecule has 0 aliphatic carbocycles. The maximum absolute atomic E-state index is 13.4. The van der Waals surface area contributed by atoms with Gasteiger partial charge in [0.15, 0.2) is 5.69 Å². The molecule has 0 radical (unpaired) electrons. The van der Waals surface area contributed by atoms with E-state index in [-0.39, 0.29) is 24.6 Å². The Balaban J connectivity index is 3.12. The zero-order chi connectivity index (χ0) is 27.7. The second kappa shape index (κ2) is 13.5. The van der Waals surface area contributed by atoms with Crippen molar-refractivity contribution in [2.45, 2.75) is 79.2 Å². The highest BCUT2D eigenvalue weighted by atomic mass is 19.4. The summed E-state index contributed by atoms with van der Waals surface area (Å²) in [5.41, 5.74) is 0.133. The van der Waals surface area contributed by atoms with E-state index < -0.39 is 29.9 Å². The van der Waals surface area contributed by atoms with Crippen molar-refractivity contribution >= 4 is 17.2 Å². The summed E-state index contributed by atoms with van der Waals surface area (Å²) in [4.78, 5) is 17.1. The predicted octanol–water partition coefficient (Wildman–Crippen LogP) is 4.97. The molecule has 0 aromatic carbocycles. The van der Waals surface area contributed by atoms with Crippen LogP contribution in [-0.2, 0) is 17.5 Å². The number of allylic oxidation sites excluding steroid dienone is 1. The summed E-state index contributed by atoms with van der Waals surface area (Å²) < 4.78 is 66.4. The molecule has 0 bridgehead atoms. The van der Waals surface area contributed by atoms with Crippen molar-refractivity contribution in [3.05, 3.63) is 35.4 Å². The molecule has 3 N–H and O–H groups in total. The summed E-state index contributed by atoms with van der Waals surface area (Å²) in [6.45, 7) is 7.95. The molecule has 1 atom stereocenters. The number of alkyl halides is 5. The van der Waals surface area contributed by atoms with Crippen molar-refractivity contribution in [2.75, 3.05) is 13.6 Å². The molecule has 1 unspecified atom stereocenters. The molecule has 1 aromatic heterocycles. The summed E-state index contributed by atoms with van der Waals surface area (Å²) in [6.07, 6.45) is -1.03. The molecule has 1 rings (SSSR count). The molecule has 0 saturated heterocycles. The van der Waals surface area contributed by atoms with Gasteiger partial charge in [0.05, 0.1) is 17.8 Å². The van der Waals surface area contributed by atoms with Crippen LogP contribution in [0.2, 0.25) is 0 Å². The topological polar surface area (TPSA) is 83.3 Å². The van der Waals surface area contributed by atoms with E-state index in [1.54, 1.807) is 34.7 Å². The predicted molar refractivity (Wildman–Crippen MR) is 131 cm³/mol. The van der Waals surface area contributed by atoms with Crippen LogP contribution in [-0.4, -0.2) is 47.1 Å². The first kappa shape index (κ1) is 31.3. The summed E-state index contributed by atoms with van der Waals surface area (Å²) in [6, 6.07) is 0.966. The molecule has 204 valence electrons. The van der Waals surface area contributed by atoms with Gasteiger partial charge in [-0.3, -0.25) is 14.5 Å². The van der Waals surface area contributed by atoms with E-state index in [9.17, 15) is 26.7 Å². The van der Waals surface area contributed by atoms with Crippen LogP contribution < -0.4 is 16.0 Å². The van der Waals surface area contributed by atoms with Crippen LogP contribution in [0.25, 0.3) is 5.57 Å². The first-order valence-electron chi connectivity index (χ1n) is 11.6. The molecule has 0 aliphatic rings. The second-order valence-corrected chi connectivity index (χ2v) is 9.38.